The zero-order valence-electron chi connectivity index (χ0n) is 14.7. The molecule has 2 aromatic rings. The Bertz CT molecular complexity index is 820. The third kappa shape index (κ3) is 4.69. The van der Waals surface area contributed by atoms with E-state index in [1.165, 1.54) is 10.9 Å². The highest BCUT2D eigenvalue weighted by molar-refractivity contribution is 5.94. The fourth-order valence-electron chi connectivity index (χ4n) is 3.15. The number of aromatic carboxylic acids is 1. The Kier molecular flexibility index (Phi) is 5.80. The van der Waals surface area contributed by atoms with Crippen LogP contribution in [0.3, 0.4) is 0 Å². The van der Waals surface area contributed by atoms with Gasteiger partial charge in [0.1, 0.15) is 6.54 Å². The minimum absolute atomic E-state index is 0.0799. The van der Waals surface area contributed by atoms with Gasteiger partial charge >= 0.3 is 5.97 Å². The third-order valence-electron chi connectivity index (χ3n) is 4.54. The van der Waals surface area contributed by atoms with Crippen molar-refractivity contribution in [1.82, 2.24) is 25.2 Å². The number of amides is 2. The van der Waals surface area contributed by atoms with Crippen molar-refractivity contribution >= 4 is 17.8 Å². The van der Waals surface area contributed by atoms with E-state index in [2.05, 4.69) is 15.6 Å². The van der Waals surface area contributed by atoms with Crippen molar-refractivity contribution < 1.29 is 19.5 Å². The van der Waals surface area contributed by atoms with Crippen molar-refractivity contribution in [3.63, 3.8) is 0 Å². The SMILES string of the molecule is O=C(NCC1CCCCN1C(=O)Cn1cc(C(=O)O)nn1)c1ccccc1. The van der Waals surface area contributed by atoms with E-state index in [-0.39, 0.29) is 30.1 Å². The Morgan fingerprint density at radius 1 is 1.19 bits per heavy atom. The molecule has 1 aliphatic rings. The highest BCUT2D eigenvalue weighted by Crippen LogP contribution is 2.17. The molecule has 1 aliphatic heterocycles. The molecular weight excluding hydrogens is 350 g/mol. The fraction of sp³-hybridized carbons (Fsp3) is 0.389. The van der Waals surface area contributed by atoms with Crippen LogP contribution in [0, 0.1) is 0 Å². The predicted octanol–water partition coefficient (Wildman–Crippen LogP) is 0.787. The lowest BCUT2D eigenvalue weighted by Crippen LogP contribution is -2.50. The molecule has 1 aromatic carbocycles. The van der Waals surface area contributed by atoms with Crippen LogP contribution in [0.4, 0.5) is 0 Å². The summed E-state index contributed by atoms with van der Waals surface area (Å²) in [6.45, 7) is 0.895. The molecule has 9 nitrogen and oxygen atoms in total. The van der Waals surface area contributed by atoms with Gasteiger partial charge in [-0.25, -0.2) is 9.48 Å². The number of nitrogens with one attached hydrogen (secondary N) is 1. The molecule has 1 fully saturated rings. The second kappa shape index (κ2) is 8.43. The molecule has 27 heavy (non-hydrogen) atoms. The molecule has 1 atom stereocenters. The van der Waals surface area contributed by atoms with Crippen molar-refractivity contribution in [3.8, 4) is 0 Å². The summed E-state index contributed by atoms with van der Waals surface area (Å²) in [6, 6.07) is 8.83. The molecule has 0 aliphatic carbocycles. The number of rotatable bonds is 6. The molecule has 0 bridgehead atoms. The largest absolute Gasteiger partial charge is 0.476 e. The molecule has 3 rings (SSSR count). The van der Waals surface area contributed by atoms with Crippen molar-refractivity contribution in [1.29, 1.82) is 0 Å². The lowest BCUT2D eigenvalue weighted by atomic mass is 10.0. The van der Waals surface area contributed by atoms with Crippen LogP contribution in [0.25, 0.3) is 0 Å². The minimum atomic E-state index is -1.19. The summed E-state index contributed by atoms with van der Waals surface area (Å²) in [5.41, 5.74) is 0.378. The molecule has 0 saturated carbocycles. The molecule has 0 radical (unpaired) electrons. The zero-order chi connectivity index (χ0) is 19.2. The summed E-state index contributed by atoms with van der Waals surface area (Å²) in [7, 11) is 0. The number of likely N-dealkylation sites (tertiary alicyclic amines) is 1. The first-order valence-electron chi connectivity index (χ1n) is 8.81. The Labute approximate surface area is 156 Å². The van der Waals surface area contributed by atoms with E-state index in [4.69, 9.17) is 5.11 Å². The van der Waals surface area contributed by atoms with E-state index in [1.807, 2.05) is 6.07 Å². The third-order valence-corrected chi connectivity index (χ3v) is 4.54. The van der Waals surface area contributed by atoms with Crippen LogP contribution in [0.5, 0.6) is 0 Å². The maximum absolute atomic E-state index is 12.6. The Hall–Kier alpha value is -3.23. The van der Waals surface area contributed by atoms with E-state index >= 15 is 0 Å². The topological polar surface area (TPSA) is 117 Å². The maximum atomic E-state index is 12.6. The lowest BCUT2D eigenvalue weighted by Gasteiger charge is -2.35. The van der Waals surface area contributed by atoms with Gasteiger partial charge in [0.15, 0.2) is 5.69 Å². The second-order valence-corrected chi connectivity index (χ2v) is 6.42. The highest BCUT2D eigenvalue weighted by Gasteiger charge is 2.27. The van der Waals surface area contributed by atoms with Gasteiger partial charge in [0.2, 0.25) is 5.91 Å². The predicted molar refractivity (Wildman–Crippen MR) is 95.1 cm³/mol. The number of aromatic nitrogens is 3. The number of hydrogen-bond donors (Lipinski definition) is 2. The first-order valence-corrected chi connectivity index (χ1v) is 8.81. The highest BCUT2D eigenvalue weighted by atomic mass is 16.4. The molecule has 9 heteroatoms. The number of hydrogen-bond acceptors (Lipinski definition) is 5. The summed E-state index contributed by atoms with van der Waals surface area (Å²) < 4.78 is 1.22. The van der Waals surface area contributed by atoms with Crippen molar-refractivity contribution in [2.24, 2.45) is 0 Å². The van der Waals surface area contributed by atoms with Crippen molar-refractivity contribution in [2.75, 3.05) is 13.1 Å². The van der Waals surface area contributed by atoms with Gasteiger partial charge in [-0.3, -0.25) is 9.59 Å². The number of carbonyl (C=O) groups is 3. The first-order chi connectivity index (χ1) is 13.0. The fourth-order valence-corrected chi connectivity index (χ4v) is 3.15. The summed E-state index contributed by atoms with van der Waals surface area (Å²) in [5, 5.41) is 19.0. The number of carbonyl (C=O) groups excluding carboxylic acids is 2. The van der Waals surface area contributed by atoms with E-state index in [0.717, 1.165) is 19.3 Å². The normalized spacial score (nSPS) is 16.7. The van der Waals surface area contributed by atoms with E-state index in [0.29, 0.717) is 18.7 Å². The number of nitrogens with zero attached hydrogens (tertiary/aromatic N) is 4. The molecule has 142 valence electrons. The van der Waals surface area contributed by atoms with Crippen LogP contribution in [0.2, 0.25) is 0 Å². The smallest absolute Gasteiger partial charge is 0.358 e. The van der Waals surface area contributed by atoms with E-state index < -0.39 is 5.97 Å². The standard InChI is InChI=1S/C18H21N5O4/c24-16(12-22-11-15(18(26)27)20-21-22)23-9-5-4-8-14(23)10-19-17(25)13-6-2-1-3-7-13/h1-3,6-7,11,14H,4-5,8-10,12H2,(H,19,25)(H,26,27). The van der Waals surface area contributed by atoms with Crippen LogP contribution < -0.4 is 5.32 Å². The quantitative estimate of drug-likeness (QED) is 0.775. The Morgan fingerprint density at radius 2 is 1.96 bits per heavy atom. The molecule has 2 N–H and O–H groups in total. The van der Waals surface area contributed by atoms with Crippen LogP contribution >= 0.6 is 0 Å². The molecule has 0 spiro atoms. The zero-order valence-corrected chi connectivity index (χ0v) is 14.7. The number of benzene rings is 1. The van der Waals surface area contributed by atoms with Crippen LogP contribution in [0.15, 0.2) is 36.5 Å². The summed E-state index contributed by atoms with van der Waals surface area (Å²) in [5.74, 6) is -1.53. The molecule has 2 amide bonds. The van der Waals surface area contributed by atoms with Gasteiger partial charge in [0, 0.05) is 24.7 Å². The van der Waals surface area contributed by atoms with Gasteiger partial charge in [-0.1, -0.05) is 23.4 Å². The summed E-state index contributed by atoms with van der Waals surface area (Å²) >= 11 is 0. The van der Waals surface area contributed by atoms with E-state index in [1.54, 1.807) is 29.2 Å². The molecule has 1 saturated heterocycles. The van der Waals surface area contributed by atoms with Gasteiger partial charge in [-0.05, 0) is 31.4 Å². The second-order valence-electron chi connectivity index (χ2n) is 6.42. The average Bonchev–Trinajstić information content (AvgIpc) is 3.16. The average molecular weight is 371 g/mol. The Morgan fingerprint density at radius 3 is 2.67 bits per heavy atom. The number of piperidine rings is 1. The first kappa shape index (κ1) is 18.6. The van der Waals surface area contributed by atoms with Crippen molar-refractivity contribution in [3.05, 3.63) is 47.8 Å². The number of carboxylic acids is 1. The van der Waals surface area contributed by atoms with Gasteiger partial charge in [-0.15, -0.1) is 5.10 Å². The summed E-state index contributed by atoms with van der Waals surface area (Å²) in [6.07, 6.45) is 3.92. The monoisotopic (exact) mass is 371 g/mol. The van der Waals surface area contributed by atoms with Gasteiger partial charge in [0.25, 0.3) is 5.91 Å². The minimum Gasteiger partial charge on any atom is -0.476 e. The lowest BCUT2D eigenvalue weighted by molar-refractivity contribution is -0.135. The van der Waals surface area contributed by atoms with Gasteiger partial charge in [0.05, 0.1) is 6.20 Å². The molecule has 1 unspecified atom stereocenters. The molecular formula is C18H21N5O4. The van der Waals surface area contributed by atoms with Crippen LogP contribution in [-0.4, -0.2) is 61.9 Å². The molecule has 2 heterocycles. The number of carboxylic acid groups (broad SMARTS) is 1. The van der Waals surface area contributed by atoms with Gasteiger partial charge < -0.3 is 15.3 Å². The summed E-state index contributed by atoms with van der Waals surface area (Å²) in [4.78, 5) is 37.5. The van der Waals surface area contributed by atoms with Gasteiger partial charge in [-0.2, -0.15) is 0 Å². The van der Waals surface area contributed by atoms with Crippen LogP contribution in [0.1, 0.15) is 40.1 Å². The Balaban J connectivity index is 1.59. The maximum Gasteiger partial charge on any atom is 0.358 e. The molecule has 1 aromatic heterocycles. The van der Waals surface area contributed by atoms with Crippen molar-refractivity contribution in [2.45, 2.75) is 31.8 Å². The van der Waals surface area contributed by atoms with Crippen LogP contribution in [-0.2, 0) is 11.3 Å². The van der Waals surface area contributed by atoms with E-state index in [9.17, 15) is 14.4 Å².